The van der Waals surface area contributed by atoms with Gasteiger partial charge in [0.2, 0.25) is 0 Å². The smallest absolute Gasteiger partial charge is 0.00828 e. The molecule has 1 aliphatic rings. The first-order valence-electron chi connectivity index (χ1n) is 5.71. The van der Waals surface area contributed by atoms with Crippen molar-refractivity contribution in [3.63, 3.8) is 0 Å². The van der Waals surface area contributed by atoms with Crippen LogP contribution in [0.25, 0.3) is 0 Å². The summed E-state index contributed by atoms with van der Waals surface area (Å²) in [7, 11) is 0. The Morgan fingerprint density at radius 2 is 2.14 bits per heavy atom. The summed E-state index contributed by atoms with van der Waals surface area (Å²) in [6.07, 6.45) is 5.47. The highest BCUT2D eigenvalue weighted by molar-refractivity contribution is 7.10. The molecule has 0 spiro atoms. The van der Waals surface area contributed by atoms with Crippen LogP contribution >= 0.6 is 11.3 Å². The molecule has 0 bridgehead atoms. The molecule has 78 valence electrons. The van der Waals surface area contributed by atoms with Crippen LogP contribution in [-0.4, -0.2) is 0 Å². The van der Waals surface area contributed by atoms with Gasteiger partial charge >= 0.3 is 0 Å². The third-order valence-electron chi connectivity index (χ3n) is 3.98. The number of aryl methyl sites for hydroxylation is 1. The number of rotatable bonds is 1. The molecule has 1 aromatic heterocycles. The van der Waals surface area contributed by atoms with E-state index in [9.17, 15) is 0 Å². The predicted octanol–water partition coefficient (Wildman–Crippen LogP) is 4.39. The van der Waals surface area contributed by atoms with Crippen molar-refractivity contribution in [1.82, 2.24) is 0 Å². The summed E-state index contributed by atoms with van der Waals surface area (Å²) in [6, 6.07) is 2.37. The molecule has 0 aromatic carbocycles. The summed E-state index contributed by atoms with van der Waals surface area (Å²) < 4.78 is 0. The van der Waals surface area contributed by atoms with Gasteiger partial charge in [0.15, 0.2) is 0 Å². The average molecular weight is 208 g/mol. The third-order valence-corrected chi connectivity index (χ3v) is 4.97. The van der Waals surface area contributed by atoms with E-state index < -0.39 is 0 Å². The maximum absolute atomic E-state index is 2.45. The second kappa shape index (κ2) is 3.69. The van der Waals surface area contributed by atoms with E-state index in [1.165, 1.54) is 25.7 Å². The first-order valence-corrected chi connectivity index (χ1v) is 6.59. The molecule has 0 fully saturated rings. The fourth-order valence-corrected chi connectivity index (χ4v) is 3.61. The highest BCUT2D eigenvalue weighted by atomic mass is 32.1. The summed E-state index contributed by atoms with van der Waals surface area (Å²) in [5, 5.41) is 2.27. The molecule has 1 aromatic rings. The molecule has 0 saturated carbocycles. The maximum atomic E-state index is 2.45. The van der Waals surface area contributed by atoms with E-state index >= 15 is 0 Å². The zero-order valence-corrected chi connectivity index (χ0v) is 10.3. The van der Waals surface area contributed by atoms with Crippen LogP contribution in [0.15, 0.2) is 11.4 Å². The molecular formula is C13H20S. The van der Waals surface area contributed by atoms with Gasteiger partial charge in [-0.05, 0) is 47.6 Å². The second-order valence-corrected chi connectivity index (χ2v) is 6.04. The molecule has 2 rings (SSSR count). The monoisotopic (exact) mass is 208 g/mol. The van der Waals surface area contributed by atoms with Crippen molar-refractivity contribution in [3.05, 3.63) is 21.9 Å². The fourth-order valence-electron chi connectivity index (χ4n) is 2.56. The molecular weight excluding hydrogens is 188 g/mol. The van der Waals surface area contributed by atoms with Crippen molar-refractivity contribution in [1.29, 1.82) is 0 Å². The van der Waals surface area contributed by atoms with E-state index in [4.69, 9.17) is 0 Å². The molecule has 1 heterocycles. The topological polar surface area (TPSA) is 0 Å². The number of thiophene rings is 1. The van der Waals surface area contributed by atoms with Gasteiger partial charge in [-0.2, -0.15) is 0 Å². The lowest BCUT2D eigenvalue weighted by Gasteiger charge is -2.33. The van der Waals surface area contributed by atoms with Gasteiger partial charge in [-0.3, -0.25) is 0 Å². The average Bonchev–Trinajstić information content (AvgIpc) is 2.54. The Kier molecular flexibility index (Phi) is 2.70. The predicted molar refractivity (Wildman–Crippen MR) is 64.1 cm³/mol. The Balaban J connectivity index is 2.44. The van der Waals surface area contributed by atoms with E-state index in [-0.39, 0.29) is 0 Å². The molecule has 1 atom stereocenters. The van der Waals surface area contributed by atoms with Gasteiger partial charge in [-0.25, -0.2) is 0 Å². The van der Waals surface area contributed by atoms with Crippen LogP contribution in [0.4, 0.5) is 0 Å². The van der Waals surface area contributed by atoms with Gasteiger partial charge in [-0.15, -0.1) is 11.3 Å². The van der Waals surface area contributed by atoms with E-state index in [2.05, 4.69) is 32.2 Å². The highest BCUT2D eigenvalue weighted by Gasteiger charge is 2.33. The second-order valence-electron chi connectivity index (χ2n) is 5.04. The minimum atomic E-state index is 0.436. The van der Waals surface area contributed by atoms with Crippen LogP contribution in [0.1, 0.15) is 50.5 Å². The summed E-state index contributed by atoms with van der Waals surface area (Å²) in [5.41, 5.74) is 2.08. The standard InChI is InChI=1S/C13H20S/c1-10(2)13(3)8-5-4-6-12-11(13)7-9-14-12/h7,9-10H,4-6,8H2,1-3H3. The maximum Gasteiger partial charge on any atom is 0.00828 e. The first-order chi connectivity index (χ1) is 6.64. The fraction of sp³-hybridized carbons (Fsp3) is 0.692. The van der Waals surface area contributed by atoms with E-state index in [1.807, 2.05) is 11.3 Å². The zero-order chi connectivity index (χ0) is 10.2. The molecule has 0 aliphatic heterocycles. The van der Waals surface area contributed by atoms with Crippen LogP contribution in [-0.2, 0) is 11.8 Å². The van der Waals surface area contributed by atoms with Crippen molar-refractivity contribution in [3.8, 4) is 0 Å². The largest absolute Gasteiger partial charge is 0.149 e. The Bertz CT molecular complexity index is 311. The number of hydrogen-bond donors (Lipinski definition) is 0. The summed E-state index contributed by atoms with van der Waals surface area (Å²) in [6.45, 7) is 7.19. The minimum absolute atomic E-state index is 0.436. The quantitative estimate of drug-likeness (QED) is 0.600. The van der Waals surface area contributed by atoms with Crippen LogP contribution in [0, 0.1) is 5.92 Å². The Labute approximate surface area is 91.4 Å². The molecule has 0 amide bonds. The normalized spacial score (nSPS) is 27.4. The van der Waals surface area contributed by atoms with Crippen molar-refractivity contribution < 1.29 is 0 Å². The lowest BCUT2D eigenvalue weighted by molar-refractivity contribution is 0.311. The van der Waals surface area contributed by atoms with Crippen molar-refractivity contribution in [2.75, 3.05) is 0 Å². The number of hydrogen-bond acceptors (Lipinski definition) is 1. The van der Waals surface area contributed by atoms with E-state index in [0.717, 1.165) is 5.92 Å². The van der Waals surface area contributed by atoms with Gasteiger partial charge < -0.3 is 0 Å². The van der Waals surface area contributed by atoms with Gasteiger partial charge in [0.05, 0.1) is 0 Å². The molecule has 0 radical (unpaired) electrons. The van der Waals surface area contributed by atoms with Gasteiger partial charge in [0.25, 0.3) is 0 Å². The minimum Gasteiger partial charge on any atom is -0.149 e. The Morgan fingerprint density at radius 1 is 1.36 bits per heavy atom. The summed E-state index contributed by atoms with van der Waals surface area (Å²) in [4.78, 5) is 1.65. The van der Waals surface area contributed by atoms with Gasteiger partial charge in [-0.1, -0.05) is 27.2 Å². The van der Waals surface area contributed by atoms with Crippen molar-refractivity contribution >= 4 is 11.3 Å². The summed E-state index contributed by atoms with van der Waals surface area (Å²) in [5.74, 6) is 0.758. The molecule has 0 nitrogen and oxygen atoms in total. The van der Waals surface area contributed by atoms with Crippen LogP contribution in [0.5, 0.6) is 0 Å². The van der Waals surface area contributed by atoms with Crippen molar-refractivity contribution in [2.45, 2.75) is 51.9 Å². The summed E-state index contributed by atoms with van der Waals surface area (Å²) >= 11 is 1.96. The van der Waals surface area contributed by atoms with Crippen molar-refractivity contribution in [2.24, 2.45) is 5.92 Å². The first kappa shape index (κ1) is 10.2. The molecule has 1 heteroatoms. The molecule has 1 unspecified atom stereocenters. The molecule has 1 aliphatic carbocycles. The lowest BCUT2D eigenvalue weighted by atomic mass is 9.71. The Hall–Kier alpha value is -0.300. The molecule has 0 saturated heterocycles. The third kappa shape index (κ3) is 1.52. The lowest BCUT2D eigenvalue weighted by Crippen LogP contribution is -2.28. The van der Waals surface area contributed by atoms with E-state index in [1.54, 1.807) is 10.4 Å². The Morgan fingerprint density at radius 3 is 2.86 bits per heavy atom. The number of fused-ring (bicyclic) bond motifs is 1. The SMILES string of the molecule is CC(C)C1(C)CCCCc2sccc21. The van der Waals surface area contributed by atoms with Crippen LogP contribution < -0.4 is 0 Å². The van der Waals surface area contributed by atoms with E-state index in [0.29, 0.717) is 5.41 Å². The van der Waals surface area contributed by atoms with Gasteiger partial charge in [0.1, 0.15) is 0 Å². The zero-order valence-electron chi connectivity index (χ0n) is 9.47. The van der Waals surface area contributed by atoms with Gasteiger partial charge in [0, 0.05) is 4.88 Å². The van der Waals surface area contributed by atoms with Crippen LogP contribution in [0.3, 0.4) is 0 Å². The molecule has 14 heavy (non-hydrogen) atoms. The van der Waals surface area contributed by atoms with Crippen LogP contribution in [0.2, 0.25) is 0 Å². The highest BCUT2D eigenvalue weighted by Crippen LogP contribution is 2.43. The molecule has 0 N–H and O–H groups in total.